The Hall–Kier alpha value is -9.74. The van der Waals surface area contributed by atoms with Crippen molar-refractivity contribution in [1.29, 1.82) is 0 Å². The van der Waals surface area contributed by atoms with Gasteiger partial charge < -0.3 is 23.8 Å². The van der Waals surface area contributed by atoms with Crippen molar-refractivity contribution in [3.8, 4) is 73.3 Å². The molecule has 16 rings (SSSR count). The van der Waals surface area contributed by atoms with Crippen LogP contribution in [0.25, 0.3) is 72.1 Å². The summed E-state index contributed by atoms with van der Waals surface area (Å²) >= 11 is 0. The number of pyridine rings is 1. The fourth-order valence-electron chi connectivity index (χ4n) is 13.8. The minimum atomic E-state index is -2.57. The monoisotopic (exact) mass is 1350 g/mol. The van der Waals surface area contributed by atoms with Gasteiger partial charge in [0.1, 0.15) is 17.3 Å². The molecule has 0 amide bonds. The Kier molecular flexibility index (Phi) is 12.0. The number of aryl methyl sites for hydroxylation is 2. The summed E-state index contributed by atoms with van der Waals surface area (Å²) in [6.45, 7) is 11.0. The van der Waals surface area contributed by atoms with Crippen LogP contribution in [0.3, 0.4) is 0 Å². The van der Waals surface area contributed by atoms with E-state index in [0.29, 0.717) is 34.0 Å². The van der Waals surface area contributed by atoms with Crippen LogP contribution in [0.2, 0.25) is 0 Å². The molecule has 11 aromatic carbocycles. The molecular weight excluding hydrogens is 1280 g/mol. The molecule has 90 heavy (non-hydrogen) atoms. The Bertz CT molecular complexity index is 5210. The van der Waals surface area contributed by atoms with Gasteiger partial charge in [-0.3, -0.25) is 0 Å². The number of nitrogens with zero attached hydrogens (tertiary/aromatic N) is 4. The van der Waals surface area contributed by atoms with Crippen LogP contribution in [0.5, 0.6) is 23.0 Å². The van der Waals surface area contributed by atoms with Crippen LogP contribution < -0.4 is 19.3 Å². The largest absolute Gasteiger partial charge is 0.509 e. The summed E-state index contributed by atoms with van der Waals surface area (Å²) in [7, 11) is 0. The molecule has 6 nitrogen and oxygen atoms in total. The van der Waals surface area contributed by atoms with E-state index in [2.05, 4.69) is 222 Å². The van der Waals surface area contributed by atoms with Gasteiger partial charge in [0.15, 0.2) is 0 Å². The third kappa shape index (κ3) is 9.12. The summed E-state index contributed by atoms with van der Waals surface area (Å²) in [4.78, 5) is 9.43. The molecule has 3 aliphatic rings. The average Bonchev–Trinajstić information content (AvgIpc) is 1.49. The van der Waals surface area contributed by atoms with Crippen LogP contribution in [0.4, 0.5) is 22.7 Å². The molecule has 4 heterocycles. The number of hydrogen-bond donors (Lipinski definition) is 0. The van der Waals surface area contributed by atoms with E-state index in [-0.39, 0.29) is 43.0 Å². The van der Waals surface area contributed by atoms with Crippen molar-refractivity contribution in [3.63, 3.8) is 0 Å². The van der Waals surface area contributed by atoms with E-state index in [1.54, 1.807) is 18.2 Å². The fraction of sp³-hybridized carbons (Fsp3) is 0.133. The van der Waals surface area contributed by atoms with Gasteiger partial charge in [-0.25, -0.2) is 4.98 Å². The molecule has 1 aliphatic carbocycles. The fourth-order valence-corrected chi connectivity index (χ4v) is 13.8. The van der Waals surface area contributed by atoms with Crippen molar-refractivity contribution >= 4 is 44.6 Å². The Morgan fingerprint density at radius 1 is 0.489 bits per heavy atom. The molecule has 0 atom stereocenters. The number of fused-ring (bicyclic) bond motifs is 13. The third-order valence-electron chi connectivity index (χ3n) is 18.1. The second kappa shape index (κ2) is 21.5. The maximum absolute atomic E-state index is 8.71. The van der Waals surface area contributed by atoms with Gasteiger partial charge in [-0.15, -0.1) is 48.1 Å². The summed E-state index contributed by atoms with van der Waals surface area (Å²) in [5.74, 6) is 2.91. The van der Waals surface area contributed by atoms with Crippen LogP contribution >= 0.6 is 0 Å². The van der Waals surface area contributed by atoms with Crippen molar-refractivity contribution < 1.29 is 38.8 Å². The number of ether oxygens (including phenoxy) is 2. The SMILES string of the molecule is [2H]C([2H])([2H])c1cccc(-c2cnc(-n3c4[c-]c(Oc5[c-]c(N6[CH-]N(c7c(-c8cc(C(C)(C)C)cc(C(C)(C)C)c8)cccc7-c7ccc8c(c7)C7(c9ccccc9Oc9ccccc97)c7ccccc7-8)c7ccccc76)ccc5)ccc4c4ccccc43)cc2C([2H])([2H])[2H])c1.[Pt]. The maximum Gasteiger partial charge on any atom is 0.135 e. The Labute approximate surface area is 550 Å². The second-order valence-corrected chi connectivity index (χ2v) is 25.6. The number of anilines is 4. The number of hydrogen-bond acceptors (Lipinski definition) is 5. The van der Waals surface area contributed by atoms with Gasteiger partial charge in [0, 0.05) is 97.4 Å². The first-order valence-corrected chi connectivity index (χ1v) is 30.3. The minimum absolute atomic E-state index is 0. The predicted octanol–water partition coefficient (Wildman–Crippen LogP) is 21.7. The van der Waals surface area contributed by atoms with Crippen LogP contribution in [-0.4, -0.2) is 9.55 Å². The Morgan fingerprint density at radius 2 is 1.11 bits per heavy atom. The van der Waals surface area contributed by atoms with Crippen LogP contribution in [0.1, 0.15) is 94.3 Å². The molecule has 0 radical (unpaired) electrons. The number of rotatable bonds is 8. The first kappa shape index (κ1) is 50.2. The molecule has 2 aliphatic heterocycles. The topological polar surface area (TPSA) is 42.8 Å². The molecule has 0 saturated carbocycles. The van der Waals surface area contributed by atoms with E-state index < -0.39 is 19.1 Å². The molecule has 0 bridgehead atoms. The number of benzene rings is 11. The molecule has 1 spiro atoms. The van der Waals surface area contributed by atoms with Crippen molar-refractivity contribution in [2.45, 2.75) is 71.5 Å². The summed E-state index contributed by atoms with van der Waals surface area (Å²) in [5, 5.41) is 1.78. The standard InChI is InChI=1S/C83H65N4O2.Pt/c1-52-22-19-23-54(42-52)68-50-84-79(43-53(68)2)87-73-33-14-10-27-66(73)67-41-39-61(49-76(67)87)88-60-25-20-24-59(48-60)85-51-86(75-35-16-15-34-74(75)85)80-62(28-21-29-63(80)56-44-57(81(3,4)5)47-58(45-56)82(6,7)8)55-38-40-65-64-26-9-11-30-69(64)83(72(65)46-55)70-31-12-17-36-77(70)89-78-37-18-13-32-71(78)83;/h9-47,50-51H,1-8H3;/q-3;/i1D3,2D3;. The normalized spacial score (nSPS) is 14.8. The van der Waals surface area contributed by atoms with E-state index >= 15 is 0 Å². The van der Waals surface area contributed by atoms with Crippen molar-refractivity contribution in [3.05, 3.63) is 306 Å². The smallest absolute Gasteiger partial charge is 0.135 e. The molecule has 7 heteroatoms. The summed E-state index contributed by atoms with van der Waals surface area (Å²) in [6.07, 6.45) is 1.52. The van der Waals surface area contributed by atoms with Crippen LogP contribution in [0.15, 0.2) is 243 Å². The van der Waals surface area contributed by atoms with E-state index in [1.807, 2.05) is 59.2 Å². The van der Waals surface area contributed by atoms with Gasteiger partial charge in [0.25, 0.3) is 0 Å². The average molecular weight is 1350 g/mol. The first-order chi connectivity index (χ1) is 45.6. The summed E-state index contributed by atoms with van der Waals surface area (Å²) in [5.41, 5.74) is 19.0. The van der Waals surface area contributed by atoms with Gasteiger partial charge in [-0.2, -0.15) is 12.1 Å². The van der Waals surface area contributed by atoms with E-state index in [4.69, 9.17) is 22.7 Å². The van der Waals surface area contributed by atoms with Crippen molar-refractivity contribution in [2.24, 2.45) is 0 Å². The van der Waals surface area contributed by atoms with E-state index in [1.165, 1.54) is 51.7 Å². The van der Waals surface area contributed by atoms with E-state index in [0.717, 1.165) is 83.9 Å². The van der Waals surface area contributed by atoms with Gasteiger partial charge in [-0.05, 0) is 128 Å². The summed E-state index contributed by atoms with van der Waals surface area (Å²) in [6, 6.07) is 88.2. The number of aromatic nitrogens is 2. The molecule has 0 fully saturated rings. The Morgan fingerprint density at radius 3 is 1.86 bits per heavy atom. The number of para-hydroxylation sites is 6. The molecule has 2 aromatic heterocycles. The zero-order valence-electron chi connectivity index (χ0n) is 56.6. The minimum Gasteiger partial charge on any atom is -0.509 e. The molecular formula is C83H65N4O2Pt-3. The first-order valence-electron chi connectivity index (χ1n) is 33.3. The predicted molar refractivity (Wildman–Crippen MR) is 365 cm³/mol. The summed E-state index contributed by atoms with van der Waals surface area (Å²) < 4.78 is 65.8. The Balaban J connectivity index is 0.00000756. The molecule has 0 saturated heterocycles. The molecule has 0 N–H and O–H groups in total. The second-order valence-electron chi connectivity index (χ2n) is 25.6. The van der Waals surface area contributed by atoms with Gasteiger partial charge in [0.2, 0.25) is 0 Å². The molecule has 13 aromatic rings. The van der Waals surface area contributed by atoms with Crippen LogP contribution in [-0.2, 0) is 37.3 Å². The maximum atomic E-state index is 8.71. The molecule has 0 unspecified atom stereocenters. The third-order valence-corrected chi connectivity index (χ3v) is 18.1. The zero-order chi connectivity index (χ0) is 65.5. The molecule has 442 valence electrons. The quantitative estimate of drug-likeness (QED) is 0.142. The van der Waals surface area contributed by atoms with Gasteiger partial charge in [-0.1, -0.05) is 216 Å². The van der Waals surface area contributed by atoms with E-state index in [9.17, 15) is 0 Å². The van der Waals surface area contributed by atoms with Crippen molar-refractivity contribution in [1.82, 2.24) is 9.55 Å². The van der Waals surface area contributed by atoms with Crippen molar-refractivity contribution in [2.75, 3.05) is 9.80 Å². The van der Waals surface area contributed by atoms with Gasteiger partial charge >= 0.3 is 0 Å². The van der Waals surface area contributed by atoms with Crippen LogP contribution in [0, 0.1) is 32.5 Å². The zero-order valence-corrected chi connectivity index (χ0v) is 52.9. The van der Waals surface area contributed by atoms with Gasteiger partial charge in [0.05, 0.1) is 5.41 Å².